The van der Waals surface area contributed by atoms with E-state index in [2.05, 4.69) is 12.2 Å². The van der Waals surface area contributed by atoms with Gasteiger partial charge in [-0.05, 0) is 55.9 Å². The maximum atomic E-state index is 12.4. The number of hydrogen-bond acceptors (Lipinski definition) is 5. The van der Waals surface area contributed by atoms with Crippen molar-refractivity contribution in [3.8, 4) is 0 Å². The van der Waals surface area contributed by atoms with Crippen LogP contribution in [0, 0.1) is 5.92 Å². The molecule has 1 unspecified atom stereocenters. The number of fused-ring (bicyclic) bond motifs is 1. The molecular weight excluding hydrogens is 338 g/mol. The first kappa shape index (κ1) is 17.5. The Morgan fingerprint density at radius 2 is 2.32 bits per heavy atom. The van der Waals surface area contributed by atoms with Gasteiger partial charge in [0.15, 0.2) is 0 Å². The van der Waals surface area contributed by atoms with Crippen molar-refractivity contribution < 1.29 is 18.7 Å². The Hall–Kier alpha value is -2.34. The second-order valence-corrected chi connectivity index (χ2v) is 7.22. The molecule has 6 heteroatoms. The third kappa shape index (κ3) is 4.02. The molecule has 25 heavy (non-hydrogen) atoms. The fourth-order valence-corrected chi connectivity index (χ4v) is 4.20. The molecule has 132 valence electrons. The molecular formula is C19H21NO4S. The molecule has 1 N–H and O–H groups in total. The predicted molar refractivity (Wildman–Crippen MR) is 97.8 cm³/mol. The maximum absolute atomic E-state index is 12.4. The van der Waals surface area contributed by atoms with Gasteiger partial charge in [-0.25, -0.2) is 4.79 Å². The Morgan fingerprint density at radius 3 is 3.04 bits per heavy atom. The minimum absolute atomic E-state index is 0.298. The van der Waals surface area contributed by atoms with Crippen molar-refractivity contribution in [1.82, 2.24) is 0 Å². The van der Waals surface area contributed by atoms with Crippen LogP contribution in [0.15, 0.2) is 28.9 Å². The molecule has 1 aliphatic carbocycles. The number of carbonyl (C=O) groups is 2. The lowest BCUT2D eigenvalue weighted by molar-refractivity contribution is -0.111. The number of furan rings is 1. The normalized spacial score (nSPS) is 16.6. The summed E-state index contributed by atoms with van der Waals surface area (Å²) in [5.74, 6) is 0.464. The standard InChI is InChI=1S/C19H21NO4S/c1-3-23-19(22)17-14-11-12(2)6-8-15(14)25-18(17)20-16(21)9-7-13-5-4-10-24-13/h4-5,7,9-10,12H,3,6,8,11H2,1-2H3,(H,20,21)/b9-7+. The smallest absolute Gasteiger partial charge is 0.341 e. The van der Waals surface area contributed by atoms with Gasteiger partial charge in [0.05, 0.1) is 18.4 Å². The molecule has 0 spiro atoms. The van der Waals surface area contributed by atoms with E-state index in [0.717, 1.165) is 24.8 Å². The fourth-order valence-electron chi connectivity index (χ4n) is 2.96. The van der Waals surface area contributed by atoms with Gasteiger partial charge < -0.3 is 14.5 Å². The summed E-state index contributed by atoms with van der Waals surface area (Å²) < 4.78 is 10.4. The summed E-state index contributed by atoms with van der Waals surface area (Å²) in [5.41, 5.74) is 1.56. The molecule has 5 nitrogen and oxygen atoms in total. The first-order valence-corrected chi connectivity index (χ1v) is 9.24. The first-order valence-electron chi connectivity index (χ1n) is 8.42. The Morgan fingerprint density at radius 1 is 1.48 bits per heavy atom. The van der Waals surface area contributed by atoms with E-state index >= 15 is 0 Å². The van der Waals surface area contributed by atoms with Crippen LogP contribution in [-0.4, -0.2) is 18.5 Å². The topological polar surface area (TPSA) is 68.5 Å². The lowest BCUT2D eigenvalue weighted by Gasteiger charge is -2.18. The lowest BCUT2D eigenvalue weighted by Crippen LogP contribution is -2.16. The molecule has 2 aromatic heterocycles. The van der Waals surface area contributed by atoms with Gasteiger partial charge in [-0.2, -0.15) is 0 Å². The largest absolute Gasteiger partial charge is 0.465 e. The molecule has 0 radical (unpaired) electrons. The van der Waals surface area contributed by atoms with Crippen LogP contribution in [0.25, 0.3) is 6.08 Å². The van der Waals surface area contributed by atoms with Crippen molar-refractivity contribution in [3.05, 3.63) is 46.2 Å². The predicted octanol–water partition coefficient (Wildman–Crippen LogP) is 4.29. The number of carbonyl (C=O) groups excluding carboxylic acids is 2. The molecule has 0 aliphatic heterocycles. The van der Waals surface area contributed by atoms with Gasteiger partial charge in [-0.3, -0.25) is 4.79 Å². The molecule has 1 amide bonds. The van der Waals surface area contributed by atoms with E-state index in [0.29, 0.717) is 28.8 Å². The monoisotopic (exact) mass is 359 g/mol. The lowest BCUT2D eigenvalue weighted by atomic mass is 9.88. The zero-order valence-electron chi connectivity index (χ0n) is 14.3. The number of amides is 1. The van der Waals surface area contributed by atoms with Crippen molar-refractivity contribution in [3.63, 3.8) is 0 Å². The molecule has 0 bridgehead atoms. The molecule has 2 aromatic rings. The second kappa shape index (κ2) is 7.70. The Balaban J connectivity index is 1.84. The molecule has 1 atom stereocenters. The van der Waals surface area contributed by atoms with Crippen molar-refractivity contribution >= 4 is 34.3 Å². The van der Waals surface area contributed by atoms with Crippen molar-refractivity contribution in [2.75, 3.05) is 11.9 Å². The number of thiophene rings is 1. The third-order valence-electron chi connectivity index (χ3n) is 4.17. The molecule has 0 saturated carbocycles. The van der Waals surface area contributed by atoms with E-state index in [4.69, 9.17) is 9.15 Å². The Bertz CT molecular complexity index is 789. The highest BCUT2D eigenvalue weighted by molar-refractivity contribution is 7.17. The van der Waals surface area contributed by atoms with Gasteiger partial charge in [0.2, 0.25) is 5.91 Å². The van der Waals surface area contributed by atoms with Crippen molar-refractivity contribution in [1.29, 1.82) is 0 Å². The van der Waals surface area contributed by atoms with E-state index in [9.17, 15) is 9.59 Å². The highest BCUT2D eigenvalue weighted by Gasteiger charge is 2.29. The van der Waals surface area contributed by atoms with Crippen LogP contribution in [0.3, 0.4) is 0 Å². The highest BCUT2D eigenvalue weighted by Crippen LogP contribution is 2.40. The fraction of sp³-hybridized carbons (Fsp3) is 0.368. The SMILES string of the molecule is CCOC(=O)c1c(NC(=O)/C=C/c2ccco2)sc2c1CC(C)CC2. The van der Waals surface area contributed by atoms with Gasteiger partial charge in [0.1, 0.15) is 10.8 Å². The number of rotatable bonds is 5. The maximum Gasteiger partial charge on any atom is 0.341 e. The summed E-state index contributed by atoms with van der Waals surface area (Å²) in [6, 6.07) is 3.52. The van der Waals surface area contributed by atoms with Crippen LogP contribution in [0.1, 0.15) is 46.8 Å². The van der Waals surface area contributed by atoms with E-state index in [1.165, 1.54) is 22.3 Å². The van der Waals surface area contributed by atoms with Crippen molar-refractivity contribution in [2.45, 2.75) is 33.1 Å². The summed E-state index contributed by atoms with van der Waals surface area (Å²) in [6.07, 6.45) is 7.42. The van der Waals surface area contributed by atoms with Gasteiger partial charge in [-0.1, -0.05) is 6.92 Å². The average molecular weight is 359 g/mol. The second-order valence-electron chi connectivity index (χ2n) is 6.11. The molecule has 3 rings (SSSR count). The number of anilines is 1. The highest BCUT2D eigenvalue weighted by atomic mass is 32.1. The molecule has 0 fully saturated rings. The van der Waals surface area contributed by atoms with Crippen LogP contribution in [0.5, 0.6) is 0 Å². The van der Waals surface area contributed by atoms with Crippen LogP contribution in [0.2, 0.25) is 0 Å². The number of hydrogen-bond donors (Lipinski definition) is 1. The van der Waals surface area contributed by atoms with E-state index < -0.39 is 0 Å². The van der Waals surface area contributed by atoms with Crippen molar-refractivity contribution in [2.24, 2.45) is 5.92 Å². The zero-order chi connectivity index (χ0) is 17.8. The minimum Gasteiger partial charge on any atom is -0.465 e. The Labute approximate surface area is 150 Å². The number of aryl methyl sites for hydroxylation is 1. The number of ether oxygens (including phenoxy) is 1. The third-order valence-corrected chi connectivity index (χ3v) is 5.37. The van der Waals surface area contributed by atoms with E-state index in [-0.39, 0.29) is 11.9 Å². The molecule has 0 saturated heterocycles. The molecule has 1 aliphatic rings. The van der Waals surface area contributed by atoms with Crippen LogP contribution in [0.4, 0.5) is 5.00 Å². The first-order chi connectivity index (χ1) is 12.1. The minimum atomic E-state index is -0.362. The van der Waals surface area contributed by atoms with Gasteiger partial charge in [0, 0.05) is 11.0 Å². The Kier molecular flexibility index (Phi) is 5.38. The van der Waals surface area contributed by atoms with Gasteiger partial charge in [0.25, 0.3) is 0 Å². The average Bonchev–Trinajstić information content (AvgIpc) is 3.20. The van der Waals surface area contributed by atoms with E-state index in [1.54, 1.807) is 31.4 Å². The van der Waals surface area contributed by atoms with Gasteiger partial charge >= 0.3 is 5.97 Å². The van der Waals surface area contributed by atoms with E-state index in [1.807, 2.05) is 0 Å². The molecule has 2 heterocycles. The quantitative estimate of drug-likeness (QED) is 0.638. The summed E-state index contributed by atoms with van der Waals surface area (Å²) in [4.78, 5) is 25.8. The van der Waals surface area contributed by atoms with Gasteiger partial charge in [-0.15, -0.1) is 11.3 Å². The van der Waals surface area contributed by atoms with Crippen LogP contribution in [-0.2, 0) is 22.4 Å². The summed E-state index contributed by atoms with van der Waals surface area (Å²) in [6.45, 7) is 4.27. The summed E-state index contributed by atoms with van der Waals surface area (Å²) in [7, 11) is 0. The van der Waals surface area contributed by atoms with Crippen LogP contribution >= 0.6 is 11.3 Å². The summed E-state index contributed by atoms with van der Waals surface area (Å²) >= 11 is 1.48. The van der Waals surface area contributed by atoms with Crippen LogP contribution < -0.4 is 5.32 Å². The molecule has 0 aromatic carbocycles. The zero-order valence-corrected chi connectivity index (χ0v) is 15.2. The number of nitrogens with one attached hydrogen (secondary N) is 1. The summed E-state index contributed by atoms with van der Waals surface area (Å²) in [5, 5.41) is 3.41. The number of esters is 1.